The van der Waals surface area contributed by atoms with Gasteiger partial charge in [0.1, 0.15) is 11.7 Å². The van der Waals surface area contributed by atoms with Crippen molar-refractivity contribution >= 4 is 33.4 Å². The highest BCUT2D eigenvalue weighted by molar-refractivity contribution is 9.10. The van der Waals surface area contributed by atoms with E-state index in [-0.39, 0.29) is 17.6 Å². The lowest BCUT2D eigenvalue weighted by Gasteiger charge is -2.19. The Morgan fingerprint density at radius 1 is 1.56 bits per heavy atom. The standard InChI is InChI=1S/C11H10BrClFNO/c12-10-7(2-1-3-8(10)14)11(4-5-11)15-9(16)6-13/h1-3H,4-6H2,(H,15,16). The summed E-state index contributed by atoms with van der Waals surface area (Å²) in [5.41, 5.74) is 0.360. The van der Waals surface area contributed by atoms with E-state index >= 15 is 0 Å². The Morgan fingerprint density at radius 2 is 2.25 bits per heavy atom. The van der Waals surface area contributed by atoms with Crippen molar-refractivity contribution in [2.24, 2.45) is 0 Å². The van der Waals surface area contributed by atoms with Gasteiger partial charge in [-0.1, -0.05) is 12.1 Å². The van der Waals surface area contributed by atoms with E-state index in [1.54, 1.807) is 6.07 Å². The Kier molecular flexibility index (Phi) is 3.22. The van der Waals surface area contributed by atoms with Crippen LogP contribution in [0.5, 0.6) is 0 Å². The minimum Gasteiger partial charge on any atom is -0.346 e. The molecule has 0 atom stereocenters. The second-order valence-corrected chi connectivity index (χ2v) is 4.93. The Morgan fingerprint density at radius 3 is 2.81 bits per heavy atom. The van der Waals surface area contributed by atoms with E-state index in [0.717, 1.165) is 18.4 Å². The fourth-order valence-corrected chi connectivity index (χ4v) is 2.47. The molecule has 1 aliphatic carbocycles. The molecule has 1 aromatic carbocycles. The zero-order valence-corrected chi connectivity index (χ0v) is 10.7. The van der Waals surface area contributed by atoms with Crippen LogP contribution in [0.1, 0.15) is 18.4 Å². The molecule has 0 saturated heterocycles. The first-order valence-corrected chi connectivity index (χ1v) is 6.23. The van der Waals surface area contributed by atoms with Crippen LogP contribution in [0.4, 0.5) is 4.39 Å². The maximum Gasteiger partial charge on any atom is 0.235 e. The third-order valence-corrected chi connectivity index (χ3v) is 3.77. The fourth-order valence-electron chi connectivity index (χ4n) is 1.76. The normalized spacial score (nSPS) is 16.9. The summed E-state index contributed by atoms with van der Waals surface area (Å²) >= 11 is 8.66. The highest BCUT2D eigenvalue weighted by Gasteiger charge is 2.46. The molecule has 0 aromatic heterocycles. The second-order valence-electron chi connectivity index (χ2n) is 3.87. The van der Waals surface area contributed by atoms with Crippen molar-refractivity contribution in [3.05, 3.63) is 34.1 Å². The largest absolute Gasteiger partial charge is 0.346 e. The lowest BCUT2D eigenvalue weighted by Crippen LogP contribution is -2.36. The van der Waals surface area contributed by atoms with Gasteiger partial charge in [-0.2, -0.15) is 0 Å². The second kappa shape index (κ2) is 4.34. The van der Waals surface area contributed by atoms with Crippen molar-refractivity contribution < 1.29 is 9.18 Å². The average Bonchev–Trinajstić information content (AvgIpc) is 3.02. The van der Waals surface area contributed by atoms with Gasteiger partial charge in [-0.05, 0) is 40.4 Å². The van der Waals surface area contributed by atoms with Gasteiger partial charge < -0.3 is 5.32 Å². The molecule has 0 bridgehead atoms. The van der Waals surface area contributed by atoms with Crippen molar-refractivity contribution in [1.29, 1.82) is 0 Å². The smallest absolute Gasteiger partial charge is 0.235 e. The van der Waals surface area contributed by atoms with Crippen LogP contribution in [0.25, 0.3) is 0 Å². The zero-order valence-electron chi connectivity index (χ0n) is 8.40. The predicted octanol–water partition coefficient (Wildman–Crippen LogP) is 2.93. The van der Waals surface area contributed by atoms with Gasteiger partial charge in [-0.15, -0.1) is 11.6 Å². The Hall–Kier alpha value is -0.610. The van der Waals surface area contributed by atoms with Gasteiger partial charge in [-0.3, -0.25) is 4.79 Å². The summed E-state index contributed by atoms with van der Waals surface area (Å²) in [4.78, 5) is 11.3. The van der Waals surface area contributed by atoms with Gasteiger partial charge in [-0.25, -0.2) is 4.39 Å². The lowest BCUT2D eigenvalue weighted by molar-refractivity contribution is -0.119. The van der Waals surface area contributed by atoms with Gasteiger partial charge >= 0.3 is 0 Å². The maximum atomic E-state index is 13.4. The van der Waals surface area contributed by atoms with Crippen LogP contribution in [0.15, 0.2) is 22.7 Å². The molecule has 2 nitrogen and oxygen atoms in total. The average molecular weight is 307 g/mol. The van der Waals surface area contributed by atoms with Gasteiger partial charge in [0, 0.05) is 0 Å². The molecule has 1 saturated carbocycles. The maximum absolute atomic E-state index is 13.4. The first-order valence-electron chi connectivity index (χ1n) is 4.90. The predicted molar refractivity (Wildman–Crippen MR) is 63.9 cm³/mol. The van der Waals surface area contributed by atoms with Crippen molar-refractivity contribution in [1.82, 2.24) is 5.32 Å². The van der Waals surface area contributed by atoms with E-state index < -0.39 is 5.54 Å². The van der Waals surface area contributed by atoms with Crippen molar-refractivity contribution in [2.75, 3.05) is 5.88 Å². The summed E-state index contributed by atoms with van der Waals surface area (Å²) in [6, 6.07) is 4.84. The van der Waals surface area contributed by atoms with Gasteiger partial charge in [0.2, 0.25) is 5.91 Å². The number of benzene rings is 1. The molecule has 0 radical (unpaired) electrons. The number of carbonyl (C=O) groups excluding carboxylic acids is 1. The lowest BCUT2D eigenvalue weighted by atomic mass is 10.0. The minimum absolute atomic E-state index is 0.0747. The molecule has 2 rings (SSSR count). The Balaban J connectivity index is 2.30. The topological polar surface area (TPSA) is 29.1 Å². The highest BCUT2D eigenvalue weighted by atomic mass is 79.9. The summed E-state index contributed by atoms with van der Waals surface area (Å²) in [6.07, 6.45) is 1.63. The van der Waals surface area contributed by atoms with E-state index in [9.17, 15) is 9.18 Å². The molecule has 0 unspecified atom stereocenters. The molecule has 1 amide bonds. The van der Waals surface area contributed by atoms with Crippen molar-refractivity contribution in [2.45, 2.75) is 18.4 Å². The summed E-state index contributed by atoms with van der Waals surface area (Å²) < 4.78 is 13.8. The van der Waals surface area contributed by atoms with E-state index in [4.69, 9.17) is 11.6 Å². The molecule has 0 heterocycles. The summed E-state index contributed by atoms with van der Waals surface area (Å²) in [7, 11) is 0. The van der Waals surface area contributed by atoms with E-state index in [1.807, 2.05) is 6.07 Å². The number of nitrogens with one attached hydrogen (secondary N) is 1. The monoisotopic (exact) mass is 305 g/mol. The number of hydrogen-bond donors (Lipinski definition) is 1. The SMILES string of the molecule is O=C(CCl)NC1(c2cccc(F)c2Br)CC1. The first-order chi connectivity index (χ1) is 7.59. The van der Waals surface area contributed by atoms with Crippen LogP contribution in [-0.2, 0) is 10.3 Å². The molecule has 5 heteroatoms. The number of halogens is 3. The van der Waals surface area contributed by atoms with Crippen molar-refractivity contribution in [3.8, 4) is 0 Å². The molecule has 16 heavy (non-hydrogen) atoms. The molecule has 1 fully saturated rings. The molecule has 86 valence electrons. The van der Waals surface area contributed by atoms with E-state index in [2.05, 4.69) is 21.2 Å². The molecule has 0 spiro atoms. The molecular formula is C11H10BrClFNO. The third kappa shape index (κ3) is 2.09. The van der Waals surface area contributed by atoms with Gasteiger partial charge in [0.05, 0.1) is 10.0 Å². The summed E-state index contributed by atoms with van der Waals surface area (Å²) in [5, 5.41) is 2.83. The zero-order chi connectivity index (χ0) is 11.8. The fraction of sp³-hybridized carbons (Fsp3) is 0.364. The number of rotatable bonds is 3. The molecule has 1 aliphatic rings. The number of carbonyl (C=O) groups is 1. The van der Waals surface area contributed by atoms with Crippen LogP contribution in [0.2, 0.25) is 0 Å². The van der Waals surface area contributed by atoms with Crippen LogP contribution in [0.3, 0.4) is 0 Å². The van der Waals surface area contributed by atoms with Crippen molar-refractivity contribution in [3.63, 3.8) is 0 Å². The molecule has 0 aliphatic heterocycles. The van der Waals surface area contributed by atoms with E-state index in [0.29, 0.717) is 4.47 Å². The number of alkyl halides is 1. The Labute approximate surface area is 106 Å². The molecule has 1 aromatic rings. The van der Waals surface area contributed by atoms with Gasteiger partial charge in [0.25, 0.3) is 0 Å². The van der Waals surface area contributed by atoms with Crippen LogP contribution < -0.4 is 5.32 Å². The van der Waals surface area contributed by atoms with Gasteiger partial charge in [0.15, 0.2) is 0 Å². The van der Waals surface area contributed by atoms with Crippen LogP contribution in [0, 0.1) is 5.82 Å². The summed E-state index contributed by atoms with van der Waals surface area (Å²) in [6.45, 7) is 0. The minimum atomic E-state index is -0.424. The first kappa shape index (κ1) is 11.9. The molecule has 1 N–H and O–H groups in total. The quantitative estimate of drug-likeness (QED) is 0.855. The molecular weight excluding hydrogens is 296 g/mol. The highest BCUT2D eigenvalue weighted by Crippen LogP contribution is 2.48. The van der Waals surface area contributed by atoms with E-state index in [1.165, 1.54) is 6.07 Å². The van der Waals surface area contributed by atoms with Crippen LogP contribution >= 0.6 is 27.5 Å². The number of amides is 1. The summed E-state index contributed by atoms with van der Waals surface area (Å²) in [5.74, 6) is -0.617. The van der Waals surface area contributed by atoms with Crippen LogP contribution in [-0.4, -0.2) is 11.8 Å². The Bertz CT molecular complexity index is 434. The third-order valence-electron chi connectivity index (χ3n) is 2.72. The number of hydrogen-bond acceptors (Lipinski definition) is 1.